The predicted molar refractivity (Wildman–Crippen MR) is 77.0 cm³/mol. The lowest BCUT2D eigenvalue weighted by atomic mass is 10.2. The molecule has 18 heavy (non-hydrogen) atoms. The van der Waals surface area contributed by atoms with Crippen LogP contribution in [0.25, 0.3) is 10.9 Å². The minimum atomic E-state index is 1.06. The summed E-state index contributed by atoms with van der Waals surface area (Å²) < 4.78 is 0. The minimum Gasteiger partial charge on any atom is -0.241 e. The first kappa shape index (κ1) is 11.3. The molecule has 0 radical (unpaired) electrons. The van der Waals surface area contributed by atoms with Crippen molar-refractivity contribution >= 4 is 22.7 Å². The van der Waals surface area contributed by atoms with Gasteiger partial charge in [0.25, 0.3) is 0 Å². The van der Waals surface area contributed by atoms with Gasteiger partial charge in [0.1, 0.15) is 5.03 Å². The number of pyridine rings is 1. The van der Waals surface area contributed by atoms with Crippen LogP contribution in [-0.2, 0) is 0 Å². The second kappa shape index (κ2) is 4.83. The Morgan fingerprint density at radius 3 is 2.44 bits per heavy atom. The van der Waals surface area contributed by atoms with E-state index in [0.29, 0.717) is 0 Å². The fourth-order valence-corrected chi connectivity index (χ4v) is 2.79. The van der Waals surface area contributed by atoms with Crippen LogP contribution in [0.15, 0.2) is 70.6 Å². The van der Waals surface area contributed by atoms with Crippen LogP contribution in [0.5, 0.6) is 0 Å². The molecule has 3 rings (SSSR count). The van der Waals surface area contributed by atoms with E-state index in [9.17, 15) is 0 Å². The molecule has 0 aliphatic rings. The zero-order valence-corrected chi connectivity index (χ0v) is 10.9. The van der Waals surface area contributed by atoms with Gasteiger partial charge in [-0.2, -0.15) is 0 Å². The molecular weight excluding hydrogens is 238 g/mol. The smallest absolute Gasteiger partial charge is 0.104 e. The van der Waals surface area contributed by atoms with Crippen molar-refractivity contribution in [2.75, 3.05) is 0 Å². The molecule has 0 saturated carbocycles. The first-order valence-corrected chi connectivity index (χ1v) is 6.74. The van der Waals surface area contributed by atoms with Crippen molar-refractivity contribution in [2.45, 2.75) is 16.8 Å². The van der Waals surface area contributed by atoms with Gasteiger partial charge in [0.05, 0.1) is 5.52 Å². The molecule has 2 heteroatoms. The fourth-order valence-electron chi connectivity index (χ4n) is 1.91. The van der Waals surface area contributed by atoms with Crippen molar-refractivity contribution in [1.82, 2.24) is 4.98 Å². The maximum Gasteiger partial charge on any atom is 0.104 e. The number of nitrogens with zero attached hydrogens (tertiary/aromatic N) is 1. The molecule has 0 fully saturated rings. The average Bonchev–Trinajstić information content (AvgIpc) is 2.41. The molecule has 0 saturated heterocycles. The summed E-state index contributed by atoms with van der Waals surface area (Å²) in [5, 5.41) is 2.28. The highest BCUT2D eigenvalue weighted by Gasteiger charge is 2.04. The van der Waals surface area contributed by atoms with Gasteiger partial charge in [-0.15, -0.1) is 0 Å². The lowest BCUT2D eigenvalue weighted by molar-refractivity contribution is 1.12. The first-order chi connectivity index (χ1) is 8.83. The predicted octanol–water partition coefficient (Wildman–Crippen LogP) is 4.69. The number of hydrogen-bond acceptors (Lipinski definition) is 2. The largest absolute Gasteiger partial charge is 0.241 e. The maximum atomic E-state index is 4.73. The molecule has 0 spiro atoms. The van der Waals surface area contributed by atoms with Crippen LogP contribution in [0.1, 0.15) is 5.56 Å². The Labute approximate surface area is 111 Å². The van der Waals surface area contributed by atoms with Crippen LogP contribution in [-0.4, -0.2) is 4.98 Å². The van der Waals surface area contributed by atoms with E-state index >= 15 is 0 Å². The zero-order valence-electron chi connectivity index (χ0n) is 10.1. The van der Waals surface area contributed by atoms with Crippen LogP contribution in [0.4, 0.5) is 0 Å². The van der Waals surface area contributed by atoms with Crippen molar-refractivity contribution in [1.29, 1.82) is 0 Å². The molecule has 0 aliphatic heterocycles. The zero-order chi connectivity index (χ0) is 12.4. The van der Waals surface area contributed by atoms with E-state index in [0.717, 1.165) is 10.5 Å². The first-order valence-electron chi connectivity index (χ1n) is 5.92. The summed E-state index contributed by atoms with van der Waals surface area (Å²) >= 11 is 1.72. The van der Waals surface area contributed by atoms with Crippen molar-refractivity contribution in [3.8, 4) is 0 Å². The molecule has 1 aromatic heterocycles. The summed E-state index contributed by atoms with van der Waals surface area (Å²) in [5.74, 6) is 0. The van der Waals surface area contributed by atoms with Gasteiger partial charge in [-0.05, 0) is 36.8 Å². The Balaban J connectivity index is 2.04. The number of para-hydroxylation sites is 1. The summed E-state index contributed by atoms with van der Waals surface area (Å²) in [6, 6.07) is 20.8. The highest BCUT2D eigenvalue weighted by Crippen LogP contribution is 2.30. The molecule has 2 aromatic carbocycles. The van der Waals surface area contributed by atoms with Gasteiger partial charge in [-0.3, -0.25) is 0 Å². The van der Waals surface area contributed by atoms with E-state index in [-0.39, 0.29) is 0 Å². The quantitative estimate of drug-likeness (QED) is 0.655. The maximum absolute atomic E-state index is 4.73. The number of aryl methyl sites for hydroxylation is 1. The Morgan fingerprint density at radius 1 is 0.889 bits per heavy atom. The molecule has 0 N–H and O–H groups in total. The molecule has 3 aromatic rings. The monoisotopic (exact) mass is 251 g/mol. The van der Waals surface area contributed by atoms with Gasteiger partial charge in [-0.1, -0.05) is 48.2 Å². The van der Waals surface area contributed by atoms with Crippen molar-refractivity contribution < 1.29 is 0 Å². The van der Waals surface area contributed by atoms with Gasteiger partial charge in [0.2, 0.25) is 0 Å². The highest BCUT2D eigenvalue weighted by molar-refractivity contribution is 7.99. The van der Waals surface area contributed by atoms with E-state index in [2.05, 4.69) is 49.4 Å². The fraction of sp³-hybridized carbons (Fsp3) is 0.0625. The third kappa shape index (κ3) is 2.24. The van der Waals surface area contributed by atoms with Crippen molar-refractivity contribution in [3.05, 3.63) is 66.2 Å². The highest BCUT2D eigenvalue weighted by atomic mass is 32.2. The molecular formula is C16H13NS. The molecule has 0 unspecified atom stereocenters. The molecule has 0 aliphatic carbocycles. The number of aromatic nitrogens is 1. The Hall–Kier alpha value is -1.80. The summed E-state index contributed by atoms with van der Waals surface area (Å²) in [7, 11) is 0. The van der Waals surface area contributed by atoms with Gasteiger partial charge >= 0.3 is 0 Å². The van der Waals surface area contributed by atoms with Crippen LogP contribution < -0.4 is 0 Å². The second-order valence-corrected chi connectivity index (χ2v) is 5.28. The third-order valence-corrected chi connectivity index (χ3v) is 3.94. The lowest BCUT2D eigenvalue weighted by Gasteiger charge is -2.06. The second-order valence-electron chi connectivity index (χ2n) is 4.22. The average molecular weight is 251 g/mol. The topological polar surface area (TPSA) is 12.9 Å². The SMILES string of the molecule is Cc1cc2ccccc2nc1Sc1ccccc1. The standard InChI is InChI=1S/C16H13NS/c1-12-11-13-7-5-6-10-15(13)17-16(12)18-14-8-3-2-4-9-14/h2-11H,1H3. The van der Waals surface area contributed by atoms with Gasteiger partial charge in [0, 0.05) is 10.3 Å². The number of benzene rings is 2. The summed E-state index contributed by atoms with van der Waals surface area (Å²) in [5.41, 5.74) is 2.28. The van der Waals surface area contributed by atoms with E-state index in [1.54, 1.807) is 11.8 Å². The van der Waals surface area contributed by atoms with E-state index in [1.165, 1.54) is 15.8 Å². The number of rotatable bonds is 2. The lowest BCUT2D eigenvalue weighted by Crippen LogP contribution is -1.87. The molecule has 88 valence electrons. The Morgan fingerprint density at radius 2 is 1.61 bits per heavy atom. The molecule has 1 nitrogen and oxygen atoms in total. The van der Waals surface area contributed by atoms with Crippen molar-refractivity contribution in [3.63, 3.8) is 0 Å². The molecule has 0 atom stereocenters. The van der Waals surface area contributed by atoms with Crippen LogP contribution in [0.3, 0.4) is 0 Å². The van der Waals surface area contributed by atoms with Gasteiger partial charge in [-0.25, -0.2) is 4.98 Å². The number of fused-ring (bicyclic) bond motifs is 1. The van der Waals surface area contributed by atoms with E-state index in [4.69, 9.17) is 4.98 Å². The van der Waals surface area contributed by atoms with Crippen LogP contribution in [0.2, 0.25) is 0 Å². The summed E-state index contributed by atoms with van der Waals surface area (Å²) in [4.78, 5) is 5.96. The molecule has 1 heterocycles. The van der Waals surface area contributed by atoms with Crippen LogP contribution >= 0.6 is 11.8 Å². The van der Waals surface area contributed by atoms with Gasteiger partial charge in [0.15, 0.2) is 0 Å². The normalized spacial score (nSPS) is 10.7. The molecule has 0 bridgehead atoms. The van der Waals surface area contributed by atoms with E-state index < -0.39 is 0 Å². The minimum absolute atomic E-state index is 1.06. The Bertz CT molecular complexity index is 677. The van der Waals surface area contributed by atoms with E-state index in [1.807, 2.05) is 18.2 Å². The van der Waals surface area contributed by atoms with Gasteiger partial charge < -0.3 is 0 Å². The van der Waals surface area contributed by atoms with Crippen molar-refractivity contribution in [2.24, 2.45) is 0 Å². The third-order valence-electron chi connectivity index (χ3n) is 2.83. The Kier molecular flexibility index (Phi) is 3.03. The van der Waals surface area contributed by atoms with Crippen LogP contribution in [0, 0.1) is 6.92 Å². The summed E-state index contributed by atoms with van der Waals surface area (Å²) in [6.07, 6.45) is 0. The summed E-state index contributed by atoms with van der Waals surface area (Å²) in [6.45, 7) is 2.12. The molecule has 0 amide bonds. The number of hydrogen-bond donors (Lipinski definition) is 0.